The van der Waals surface area contributed by atoms with E-state index in [2.05, 4.69) is 9.97 Å². The van der Waals surface area contributed by atoms with Crippen molar-refractivity contribution in [2.24, 2.45) is 0 Å². The van der Waals surface area contributed by atoms with Gasteiger partial charge in [-0.25, -0.2) is 4.98 Å². The number of aryl methyl sites for hydroxylation is 1. The van der Waals surface area contributed by atoms with Gasteiger partial charge in [-0.1, -0.05) is 17.7 Å². The molecular formula is C22H17ClN4O3. The number of halogens is 1. The molecule has 0 saturated heterocycles. The van der Waals surface area contributed by atoms with Crippen molar-refractivity contribution in [3.8, 4) is 0 Å². The molecule has 4 heterocycles. The molecule has 0 saturated carbocycles. The van der Waals surface area contributed by atoms with Gasteiger partial charge in [-0.05, 0) is 36.8 Å². The number of hydrogen-bond acceptors (Lipinski definition) is 5. The molecule has 1 aromatic carbocycles. The van der Waals surface area contributed by atoms with Crippen LogP contribution in [0.25, 0.3) is 11.0 Å². The molecule has 0 aliphatic carbocycles. The third-order valence-corrected chi connectivity index (χ3v) is 5.51. The Morgan fingerprint density at radius 3 is 2.77 bits per heavy atom. The Hall–Kier alpha value is -3.45. The molecule has 1 unspecified atom stereocenters. The summed E-state index contributed by atoms with van der Waals surface area (Å²) in [6.45, 7) is 1.15. The highest BCUT2D eigenvalue weighted by Gasteiger charge is 2.43. The van der Waals surface area contributed by atoms with Crippen LogP contribution in [0, 0.1) is 0 Å². The Bertz CT molecular complexity index is 1290. The highest BCUT2D eigenvalue weighted by Crippen LogP contribution is 2.37. The average Bonchev–Trinajstić information content (AvgIpc) is 3.37. The molecule has 0 N–H and O–H groups in total. The zero-order chi connectivity index (χ0) is 20.7. The monoisotopic (exact) mass is 420 g/mol. The summed E-state index contributed by atoms with van der Waals surface area (Å²) in [6.07, 6.45) is 7.67. The lowest BCUT2D eigenvalue weighted by atomic mass is 10.0. The first kappa shape index (κ1) is 18.6. The normalized spacial score (nSPS) is 15.7. The second-order valence-corrected chi connectivity index (χ2v) is 7.56. The van der Waals surface area contributed by atoms with E-state index < -0.39 is 6.04 Å². The molecule has 150 valence electrons. The SMILES string of the molecule is O=C1c2oc3ccc(Cl)cc3c(=O)c2C(c2ccccn2)N1CCCn1ccnc1. The summed E-state index contributed by atoms with van der Waals surface area (Å²) in [5.74, 6) is -0.228. The lowest BCUT2D eigenvalue weighted by molar-refractivity contribution is 0.0721. The standard InChI is InChI=1S/C22H17ClN4O3/c23-14-5-6-17-15(12-14)20(28)18-19(16-4-1-2-7-25-16)27(22(29)21(18)30-17)10-3-9-26-11-8-24-13-26/h1-2,4-8,11-13,19H,3,9-10H2. The first-order chi connectivity index (χ1) is 14.6. The van der Waals surface area contributed by atoms with Crippen molar-refractivity contribution in [1.82, 2.24) is 19.4 Å². The van der Waals surface area contributed by atoms with Crippen molar-refractivity contribution in [1.29, 1.82) is 0 Å². The number of imidazole rings is 1. The largest absolute Gasteiger partial charge is 0.450 e. The zero-order valence-corrected chi connectivity index (χ0v) is 16.6. The average molecular weight is 421 g/mol. The van der Waals surface area contributed by atoms with Crippen molar-refractivity contribution in [3.05, 3.63) is 93.6 Å². The van der Waals surface area contributed by atoms with Crippen molar-refractivity contribution in [2.75, 3.05) is 6.54 Å². The van der Waals surface area contributed by atoms with Gasteiger partial charge >= 0.3 is 0 Å². The number of amides is 1. The Labute approximate surface area is 176 Å². The lowest BCUT2D eigenvalue weighted by Crippen LogP contribution is -2.31. The van der Waals surface area contributed by atoms with Crippen molar-refractivity contribution in [3.63, 3.8) is 0 Å². The van der Waals surface area contributed by atoms with Crippen molar-refractivity contribution in [2.45, 2.75) is 19.0 Å². The van der Waals surface area contributed by atoms with Gasteiger partial charge in [0.2, 0.25) is 5.76 Å². The number of benzene rings is 1. The van der Waals surface area contributed by atoms with Crippen LogP contribution in [0.15, 0.2) is 70.5 Å². The molecule has 7 nitrogen and oxygen atoms in total. The first-order valence-corrected chi connectivity index (χ1v) is 9.95. The van der Waals surface area contributed by atoms with E-state index in [9.17, 15) is 9.59 Å². The van der Waals surface area contributed by atoms with E-state index in [1.807, 2.05) is 22.9 Å². The third kappa shape index (κ3) is 3.07. The van der Waals surface area contributed by atoms with Crippen LogP contribution in [0.4, 0.5) is 0 Å². The molecule has 1 aliphatic rings. The van der Waals surface area contributed by atoms with Gasteiger partial charge in [0.15, 0.2) is 5.43 Å². The summed E-state index contributed by atoms with van der Waals surface area (Å²) >= 11 is 6.09. The Kier molecular flexibility index (Phi) is 4.59. The van der Waals surface area contributed by atoms with Gasteiger partial charge in [0.05, 0.1) is 23.0 Å². The fraction of sp³-hybridized carbons (Fsp3) is 0.182. The highest BCUT2D eigenvalue weighted by atomic mass is 35.5. The summed E-state index contributed by atoms with van der Waals surface area (Å²) in [7, 11) is 0. The molecule has 0 fully saturated rings. The molecular weight excluding hydrogens is 404 g/mol. The van der Waals surface area contributed by atoms with Gasteiger partial charge in [-0.3, -0.25) is 14.6 Å². The van der Waals surface area contributed by atoms with Crippen LogP contribution in [0.5, 0.6) is 0 Å². The molecule has 8 heteroatoms. The number of aromatic nitrogens is 3. The van der Waals surface area contributed by atoms with E-state index in [0.29, 0.717) is 46.8 Å². The van der Waals surface area contributed by atoms with E-state index in [4.69, 9.17) is 16.0 Å². The summed E-state index contributed by atoms with van der Waals surface area (Å²) < 4.78 is 7.84. The van der Waals surface area contributed by atoms with E-state index in [0.717, 1.165) is 0 Å². The molecule has 1 atom stereocenters. The van der Waals surface area contributed by atoms with Gasteiger partial charge in [0.25, 0.3) is 5.91 Å². The van der Waals surface area contributed by atoms with E-state index >= 15 is 0 Å². The van der Waals surface area contributed by atoms with Gasteiger partial charge in [0, 0.05) is 36.7 Å². The van der Waals surface area contributed by atoms with Gasteiger partial charge in [-0.15, -0.1) is 0 Å². The minimum absolute atomic E-state index is 0.0770. The summed E-state index contributed by atoms with van der Waals surface area (Å²) in [5, 5.41) is 0.792. The second kappa shape index (κ2) is 7.42. The predicted octanol–water partition coefficient (Wildman–Crippen LogP) is 3.67. The minimum Gasteiger partial charge on any atom is -0.450 e. The minimum atomic E-state index is -0.601. The van der Waals surface area contributed by atoms with Crippen LogP contribution >= 0.6 is 11.6 Å². The van der Waals surface area contributed by atoms with Crippen LogP contribution < -0.4 is 5.43 Å². The van der Waals surface area contributed by atoms with E-state index in [-0.39, 0.29) is 17.1 Å². The highest BCUT2D eigenvalue weighted by molar-refractivity contribution is 6.31. The lowest BCUT2D eigenvalue weighted by Gasteiger charge is -2.24. The fourth-order valence-corrected chi connectivity index (χ4v) is 4.08. The molecule has 1 amide bonds. The number of pyridine rings is 1. The summed E-state index contributed by atoms with van der Waals surface area (Å²) in [5.41, 5.74) is 1.03. The molecule has 0 radical (unpaired) electrons. The maximum absolute atomic E-state index is 13.4. The van der Waals surface area contributed by atoms with Crippen LogP contribution in [-0.4, -0.2) is 31.9 Å². The summed E-state index contributed by atoms with van der Waals surface area (Å²) in [4.78, 5) is 36.8. The topological polar surface area (TPSA) is 81.2 Å². The quantitative estimate of drug-likeness (QED) is 0.492. The number of carbonyl (C=O) groups is 1. The van der Waals surface area contributed by atoms with E-state index in [1.165, 1.54) is 0 Å². The van der Waals surface area contributed by atoms with Crippen molar-refractivity contribution >= 4 is 28.5 Å². The fourth-order valence-electron chi connectivity index (χ4n) is 3.91. The van der Waals surface area contributed by atoms with Crippen molar-refractivity contribution < 1.29 is 9.21 Å². The second-order valence-electron chi connectivity index (χ2n) is 7.12. The molecule has 5 rings (SSSR count). The Morgan fingerprint density at radius 2 is 2.00 bits per heavy atom. The third-order valence-electron chi connectivity index (χ3n) is 5.27. The Balaban J connectivity index is 1.60. The molecule has 4 aromatic rings. The van der Waals surface area contributed by atoms with Gasteiger partial charge in [-0.2, -0.15) is 0 Å². The van der Waals surface area contributed by atoms with Crippen LogP contribution in [0.2, 0.25) is 5.02 Å². The van der Waals surface area contributed by atoms with Gasteiger partial charge < -0.3 is 13.9 Å². The Morgan fingerprint density at radius 1 is 1.10 bits per heavy atom. The molecule has 1 aliphatic heterocycles. The number of carbonyl (C=O) groups excluding carboxylic acids is 1. The van der Waals surface area contributed by atoms with E-state index in [1.54, 1.807) is 47.9 Å². The number of rotatable bonds is 5. The van der Waals surface area contributed by atoms with Crippen LogP contribution in [0.1, 0.15) is 34.3 Å². The summed E-state index contributed by atoms with van der Waals surface area (Å²) in [6, 6.07) is 9.68. The number of fused-ring (bicyclic) bond motifs is 2. The zero-order valence-electron chi connectivity index (χ0n) is 15.9. The van der Waals surface area contributed by atoms with Crippen LogP contribution in [0.3, 0.4) is 0 Å². The number of hydrogen-bond donors (Lipinski definition) is 0. The first-order valence-electron chi connectivity index (χ1n) is 9.57. The number of nitrogens with zero attached hydrogens (tertiary/aromatic N) is 4. The van der Waals surface area contributed by atoms with Crippen LogP contribution in [-0.2, 0) is 6.54 Å². The maximum atomic E-state index is 13.4. The smallest absolute Gasteiger partial charge is 0.290 e. The van der Waals surface area contributed by atoms with Gasteiger partial charge in [0.1, 0.15) is 11.6 Å². The molecule has 3 aromatic heterocycles. The molecule has 30 heavy (non-hydrogen) atoms. The molecule has 0 spiro atoms. The predicted molar refractivity (Wildman–Crippen MR) is 111 cm³/mol. The molecule has 0 bridgehead atoms. The maximum Gasteiger partial charge on any atom is 0.290 e.